The van der Waals surface area contributed by atoms with E-state index in [4.69, 9.17) is 0 Å². The van der Waals surface area contributed by atoms with E-state index in [1.165, 1.54) is 55.7 Å². The smallest absolute Gasteiger partial charge is 0.0149 e. The van der Waals surface area contributed by atoms with Crippen molar-refractivity contribution in [2.24, 2.45) is 23.7 Å². The van der Waals surface area contributed by atoms with Gasteiger partial charge < -0.3 is 0 Å². The fourth-order valence-corrected chi connectivity index (χ4v) is 5.28. The first kappa shape index (κ1) is 19.5. The minimum Gasteiger partial charge on any atom is -0.0651 e. The molecule has 142 valence electrons. The summed E-state index contributed by atoms with van der Waals surface area (Å²) in [7, 11) is 0. The zero-order chi connectivity index (χ0) is 18.5. The molecule has 5 atom stereocenters. The van der Waals surface area contributed by atoms with Gasteiger partial charge >= 0.3 is 0 Å². The second-order valence-electron chi connectivity index (χ2n) is 9.26. The van der Waals surface area contributed by atoms with Crippen LogP contribution in [0.3, 0.4) is 0 Å². The molecule has 0 heterocycles. The molecule has 0 N–H and O–H groups in total. The van der Waals surface area contributed by atoms with Gasteiger partial charge in [-0.25, -0.2) is 0 Å². The van der Waals surface area contributed by atoms with E-state index in [9.17, 15) is 0 Å². The zero-order valence-corrected chi connectivity index (χ0v) is 17.4. The first-order valence-corrected chi connectivity index (χ1v) is 11.1. The van der Waals surface area contributed by atoms with Crippen LogP contribution in [0.15, 0.2) is 42.5 Å². The van der Waals surface area contributed by atoms with E-state index in [-0.39, 0.29) is 0 Å². The van der Waals surface area contributed by atoms with Crippen LogP contribution in [0.4, 0.5) is 0 Å². The van der Waals surface area contributed by atoms with Gasteiger partial charge in [-0.2, -0.15) is 0 Å². The Hall–Kier alpha value is -1.30. The Balaban J connectivity index is 1.89. The largest absolute Gasteiger partial charge is 0.0651 e. The fraction of sp³-hybridized carbons (Fsp3) is 0.615. The van der Waals surface area contributed by atoms with Crippen LogP contribution in [-0.2, 0) is 0 Å². The van der Waals surface area contributed by atoms with Crippen molar-refractivity contribution in [3.05, 3.63) is 48.0 Å². The third-order valence-electron chi connectivity index (χ3n) is 7.08. The molecule has 0 saturated heterocycles. The van der Waals surface area contributed by atoms with Crippen molar-refractivity contribution in [3.63, 3.8) is 0 Å². The van der Waals surface area contributed by atoms with Crippen molar-refractivity contribution in [2.75, 3.05) is 0 Å². The maximum Gasteiger partial charge on any atom is -0.0149 e. The van der Waals surface area contributed by atoms with Gasteiger partial charge in [-0.15, -0.1) is 0 Å². The van der Waals surface area contributed by atoms with Gasteiger partial charge in [0.05, 0.1) is 0 Å². The second kappa shape index (κ2) is 9.07. The summed E-state index contributed by atoms with van der Waals surface area (Å²) >= 11 is 0. The summed E-state index contributed by atoms with van der Waals surface area (Å²) in [6.07, 6.45) is 9.74. The number of benzene rings is 2. The Labute approximate surface area is 161 Å². The van der Waals surface area contributed by atoms with Crippen LogP contribution >= 0.6 is 0 Å². The molecule has 2 aromatic carbocycles. The van der Waals surface area contributed by atoms with Crippen LogP contribution in [-0.4, -0.2) is 0 Å². The third kappa shape index (κ3) is 4.70. The van der Waals surface area contributed by atoms with Crippen molar-refractivity contribution < 1.29 is 0 Å². The van der Waals surface area contributed by atoms with E-state index < -0.39 is 0 Å². The lowest BCUT2D eigenvalue weighted by Gasteiger charge is -2.30. The van der Waals surface area contributed by atoms with Crippen molar-refractivity contribution >= 4 is 10.8 Å². The lowest BCUT2D eigenvalue weighted by atomic mass is 9.75. The van der Waals surface area contributed by atoms with Gasteiger partial charge in [-0.3, -0.25) is 0 Å². The molecule has 1 aliphatic carbocycles. The summed E-state index contributed by atoms with van der Waals surface area (Å²) in [5.74, 6) is 4.20. The SMILES string of the molecule is CCC(C)CC(CC1CCCC(C)CC1C)c1cccc2ccccc12. The van der Waals surface area contributed by atoms with Crippen LogP contribution in [0, 0.1) is 23.7 Å². The first-order valence-electron chi connectivity index (χ1n) is 11.1. The first-order chi connectivity index (χ1) is 12.6. The molecule has 0 amide bonds. The Kier molecular flexibility index (Phi) is 6.79. The molecule has 0 aliphatic heterocycles. The second-order valence-corrected chi connectivity index (χ2v) is 9.26. The van der Waals surface area contributed by atoms with E-state index in [0.717, 1.165) is 23.7 Å². The highest BCUT2D eigenvalue weighted by Gasteiger charge is 2.27. The predicted molar refractivity (Wildman–Crippen MR) is 116 cm³/mol. The summed E-state index contributed by atoms with van der Waals surface area (Å²) in [6, 6.07) is 16.0. The van der Waals surface area contributed by atoms with E-state index in [1.54, 1.807) is 5.56 Å². The van der Waals surface area contributed by atoms with Crippen LogP contribution in [0.1, 0.15) is 84.1 Å². The molecule has 0 bridgehead atoms. The summed E-state index contributed by atoms with van der Waals surface area (Å²) < 4.78 is 0. The highest BCUT2D eigenvalue weighted by molar-refractivity contribution is 5.86. The van der Waals surface area contributed by atoms with Gasteiger partial charge in [-0.05, 0) is 65.2 Å². The lowest BCUT2D eigenvalue weighted by molar-refractivity contribution is 0.269. The van der Waals surface area contributed by atoms with Gasteiger partial charge in [0.1, 0.15) is 0 Å². The normalized spacial score (nSPS) is 26.4. The molecule has 0 spiro atoms. The molecule has 0 heteroatoms. The lowest BCUT2D eigenvalue weighted by Crippen LogP contribution is -2.17. The van der Waals surface area contributed by atoms with Gasteiger partial charge in [0.2, 0.25) is 0 Å². The topological polar surface area (TPSA) is 0 Å². The maximum atomic E-state index is 2.52. The molecule has 0 nitrogen and oxygen atoms in total. The maximum absolute atomic E-state index is 2.52. The Bertz CT molecular complexity index is 680. The molecule has 26 heavy (non-hydrogen) atoms. The highest BCUT2D eigenvalue weighted by Crippen LogP contribution is 2.41. The number of rotatable bonds is 6. The Morgan fingerprint density at radius 2 is 1.77 bits per heavy atom. The standard InChI is InChI=1S/C26H38/c1-5-19(2)17-24(18-23-13-8-10-20(3)16-21(23)4)26-15-9-12-22-11-6-7-14-25(22)26/h6-7,9,11-12,14-15,19-21,23-24H,5,8,10,13,16-18H2,1-4H3. The fourth-order valence-electron chi connectivity index (χ4n) is 5.28. The summed E-state index contributed by atoms with van der Waals surface area (Å²) in [5, 5.41) is 2.89. The Morgan fingerprint density at radius 1 is 1.00 bits per heavy atom. The molecule has 0 radical (unpaired) electrons. The quantitative estimate of drug-likeness (QED) is 0.460. The number of fused-ring (bicyclic) bond motifs is 1. The average molecular weight is 351 g/mol. The van der Waals surface area contributed by atoms with Gasteiger partial charge in [-0.1, -0.05) is 95.8 Å². The summed E-state index contributed by atoms with van der Waals surface area (Å²) in [5.41, 5.74) is 1.60. The van der Waals surface area contributed by atoms with E-state index in [2.05, 4.69) is 70.2 Å². The van der Waals surface area contributed by atoms with Crippen molar-refractivity contribution in [3.8, 4) is 0 Å². The zero-order valence-electron chi connectivity index (χ0n) is 17.4. The minimum atomic E-state index is 0.705. The number of hydrogen-bond donors (Lipinski definition) is 0. The molecule has 2 aromatic rings. The summed E-state index contributed by atoms with van der Waals surface area (Å²) in [4.78, 5) is 0. The van der Waals surface area contributed by atoms with Gasteiger partial charge in [0.15, 0.2) is 0 Å². The molecule has 1 aliphatic rings. The van der Waals surface area contributed by atoms with Crippen LogP contribution in [0.5, 0.6) is 0 Å². The van der Waals surface area contributed by atoms with E-state index in [1.807, 2.05) is 0 Å². The monoisotopic (exact) mass is 350 g/mol. The summed E-state index contributed by atoms with van der Waals surface area (Å²) in [6.45, 7) is 9.77. The average Bonchev–Trinajstić information content (AvgIpc) is 2.80. The molecule has 0 aromatic heterocycles. The van der Waals surface area contributed by atoms with Gasteiger partial charge in [0, 0.05) is 0 Å². The van der Waals surface area contributed by atoms with Crippen molar-refractivity contribution in [1.29, 1.82) is 0 Å². The molecule has 5 unspecified atom stereocenters. The van der Waals surface area contributed by atoms with Crippen LogP contribution in [0.2, 0.25) is 0 Å². The third-order valence-corrected chi connectivity index (χ3v) is 7.08. The molecular weight excluding hydrogens is 312 g/mol. The molecule has 1 fully saturated rings. The van der Waals surface area contributed by atoms with E-state index in [0.29, 0.717) is 5.92 Å². The highest BCUT2D eigenvalue weighted by atomic mass is 14.3. The van der Waals surface area contributed by atoms with Crippen LogP contribution in [0.25, 0.3) is 10.8 Å². The molecule has 3 rings (SSSR count). The van der Waals surface area contributed by atoms with Crippen LogP contribution < -0.4 is 0 Å². The molecular formula is C26H38. The molecule has 1 saturated carbocycles. The minimum absolute atomic E-state index is 0.705. The number of hydrogen-bond acceptors (Lipinski definition) is 0. The van der Waals surface area contributed by atoms with Crippen molar-refractivity contribution in [2.45, 2.75) is 78.6 Å². The van der Waals surface area contributed by atoms with Crippen molar-refractivity contribution in [1.82, 2.24) is 0 Å². The Morgan fingerprint density at radius 3 is 2.58 bits per heavy atom. The van der Waals surface area contributed by atoms with Gasteiger partial charge in [0.25, 0.3) is 0 Å². The van der Waals surface area contributed by atoms with E-state index >= 15 is 0 Å². The predicted octanol–water partition coefficient (Wildman–Crippen LogP) is 8.21.